The number of nitrogens with zero attached hydrogens (tertiary/aromatic N) is 5. The van der Waals surface area contributed by atoms with E-state index in [1.54, 1.807) is 0 Å². The molecular formula is C20H31N5O2. The number of carbonyl (C=O) groups excluding carboxylic acids is 1. The van der Waals surface area contributed by atoms with E-state index in [0.29, 0.717) is 12.3 Å². The zero-order valence-corrected chi connectivity index (χ0v) is 16.4. The van der Waals surface area contributed by atoms with Gasteiger partial charge in [-0.3, -0.25) is 9.69 Å². The monoisotopic (exact) mass is 373 g/mol. The van der Waals surface area contributed by atoms with Gasteiger partial charge in [-0.25, -0.2) is 9.97 Å². The van der Waals surface area contributed by atoms with Crippen LogP contribution in [-0.2, 0) is 16.1 Å². The van der Waals surface area contributed by atoms with Gasteiger partial charge in [0, 0.05) is 69.1 Å². The number of carbonyl (C=O) groups is 1. The van der Waals surface area contributed by atoms with E-state index in [9.17, 15) is 4.79 Å². The van der Waals surface area contributed by atoms with E-state index in [-0.39, 0.29) is 5.41 Å². The lowest BCUT2D eigenvalue weighted by Gasteiger charge is -2.48. The first kappa shape index (κ1) is 18.6. The number of hydrogen-bond donors (Lipinski definition) is 0. The van der Waals surface area contributed by atoms with Crippen LogP contribution in [0.3, 0.4) is 0 Å². The fraction of sp³-hybridized carbons (Fsp3) is 0.750. The van der Waals surface area contributed by atoms with E-state index in [2.05, 4.69) is 26.7 Å². The minimum atomic E-state index is 0.275. The quantitative estimate of drug-likeness (QED) is 0.798. The second-order valence-electron chi connectivity index (χ2n) is 8.21. The van der Waals surface area contributed by atoms with Crippen molar-refractivity contribution in [1.82, 2.24) is 19.8 Å². The molecule has 1 atom stereocenters. The van der Waals surface area contributed by atoms with E-state index < -0.39 is 0 Å². The van der Waals surface area contributed by atoms with Gasteiger partial charge >= 0.3 is 0 Å². The van der Waals surface area contributed by atoms with Crippen LogP contribution in [0, 0.1) is 5.41 Å². The van der Waals surface area contributed by atoms with Crippen LogP contribution in [0.15, 0.2) is 12.4 Å². The van der Waals surface area contributed by atoms with E-state index >= 15 is 0 Å². The van der Waals surface area contributed by atoms with Crippen LogP contribution in [0.1, 0.15) is 38.2 Å². The van der Waals surface area contributed by atoms with Crippen molar-refractivity contribution in [3.63, 3.8) is 0 Å². The molecule has 1 spiro atoms. The highest BCUT2D eigenvalue weighted by molar-refractivity contribution is 5.77. The lowest BCUT2D eigenvalue weighted by atomic mass is 9.73. The second kappa shape index (κ2) is 8.10. The van der Waals surface area contributed by atoms with Crippen molar-refractivity contribution in [3.05, 3.63) is 18.0 Å². The predicted octanol–water partition coefficient (Wildman–Crippen LogP) is 1.54. The number of rotatable bonds is 4. The van der Waals surface area contributed by atoms with E-state index in [4.69, 9.17) is 4.74 Å². The van der Waals surface area contributed by atoms with Crippen LogP contribution in [-0.4, -0.2) is 78.2 Å². The number of aromatic nitrogens is 2. The summed E-state index contributed by atoms with van der Waals surface area (Å²) in [4.78, 5) is 28.0. The average Bonchev–Trinajstić information content (AvgIpc) is 2.71. The summed E-state index contributed by atoms with van der Waals surface area (Å²) in [6, 6.07) is 0. The van der Waals surface area contributed by atoms with Crippen molar-refractivity contribution >= 4 is 11.9 Å². The molecular weight excluding hydrogens is 342 g/mol. The molecule has 27 heavy (non-hydrogen) atoms. The maximum atomic E-state index is 12.1. The summed E-state index contributed by atoms with van der Waals surface area (Å²) >= 11 is 0. The van der Waals surface area contributed by atoms with Crippen molar-refractivity contribution in [1.29, 1.82) is 0 Å². The number of morpholine rings is 1. The summed E-state index contributed by atoms with van der Waals surface area (Å²) in [6.45, 7) is 10.1. The first-order chi connectivity index (χ1) is 13.2. The van der Waals surface area contributed by atoms with E-state index in [1.165, 1.54) is 18.4 Å². The number of amides is 1. The molecule has 3 aliphatic rings. The molecule has 0 radical (unpaired) electrons. The SMILES string of the molecule is CCN1C[C@]2(CCCN(Cc3cnc(N4CCOCC4)nc3)C2)CCC1=O. The molecule has 7 nitrogen and oxygen atoms in total. The molecule has 0 N–H and O–H groups in total. The highest BCUT2D eigenvalue weighted by Crippen LogP contribution is 2.39. The Labute approximate surface area is 161 Å². The lowest BCUT2D eigenvalue weighted by molar-refractivity contribution is -0.139. The van der Waals surface area contributed by atoms with E-state index in [1.807, 2.05) is 17.3 Å². The van der Waals surface area contributed by atoms with Gasteiger partial charge in [0.2, 0.25) is 11.9 Å². The van der Waals surface area contributed by atoms with Gasteiger partial charge in [0.15, 0.2) is 0 Å². The molecule has 4 heterocycles. The van der Waals surface area contributed by atoms with Gasteiger partial charge in [-0.1, -0.05) is 0 Å². The molecule has 148 valence electrons. The average molecular weight is 374 g/mol. The fourth-order valence-corrected chi connectivity index (χ4v) is 4.78. The molecule has 1 amide bonds. The van der Waals surface area contributed by atoms with Crippen molar-refractivity contribution in [2.24, 2.45) is 5.41 Å². The van der Waals surface area contributed by atoms with Crippen LogP contribution >= 0.6 is 0 Å². The molecule has 0 aromatic carbocycles. The molecule has 1 aromatic heterocycles. The van der Waals surface area contributed by atoms with Gasteiger partial charge < -0.3 is 14.5 Å². The molecule has 4 rings (SSSR count). The lowest BCUT2D eigenvalue weighted by Crippen LogP contribution is -2.53. The minimum Gasteiger partial charge on any atom is -0.378 e. The van der Waals surface area contributed by atoms with Crippen molar-refractivity contribution in [2.75, 3.05) is 57.4 Å². The summed E-state index contributed by atoms with van der Waals surface area (Å²) in [6.07, 6.45) is 8.13. The molecule has 3 fully saturated rings. The summed E-state index contributed by atoms with van der Waals surface area (Å²) in [5, 5.41) is 0. The highest BCUT2D eigenvalue weighted by Gasteiger charge is 2.41. The van der Waals surface area contributed by atoms with Crippen molar-refractivity contribution in [2.45, 2.75) is 39.2 Å². The Morgan fingerprint density at radius 1 is 1.11 bits per heavy atom. The summed E-state index contributed by atoms with van der Waals surface area (Å²) < 4.78 is 5.39. The Hall–Kier alpha value is -1.73. The molecule has 7 heteroatoms. The van der Waals surface area contributed by atoms with Crippen molar-refractivity contribution in [3.8, 4) is 0 Å². The fourth-order valence-electron chi connectivity index (χ4n) is 4.78. The predicted molar refractivity (Wildman–Crippen MR) is 103 cm³/mol. The molecule has 0 bridgehead atoms. The number of hydrogen-bond acceptors (Lipinski definition) is 6. The molecule has 1 aromatic rings. The summed E-state index contributed by atoms with van der Waals surface area (Å²) in [7, 11) is 0. The third kappa shape index (κ3) is 4.24. The van der Waals surface area contributed by atoms with Gasteiger partial charge in [-0.05, 0) is 32.7 Å². The minimum absolute atomic E-state index is 0.275. The Balaban J connectivity index is 1.37. The molecule has 3 aliphatic heterocycles. The molecule has 0 saturated carbocycles. The number of ether oxygens (including phenoxy) is 1. The van der Waals surface area contributed by atoms with Crippen molar-refractivity contribution < 1.29 is 9.53 Å². The maximum absolute atomic E-state index is 12.1. The van der Waals surface area contributed by atoms with Gasteiger partial charge in [0.1, 0.15) is 0 Å². The smallest absolute Gasteiger partial charge is 0.225 e. The number of likely N-dealkylation sites (tertiary alicyclic amines) is 2. The van der Waals surface area contributed by atoms with Gasteiger partial charge in [-0.2, -0.15) is 0 Å². The molecule has 0 aliphatic carbocycles. The third-order valence-corrected chi connectivity index (χ3v) is 6.26. The Bertz CT molecular complexity index is 646. The number of anilines is 1. The zero-order valence-electron chi connectivity index (χ0n) is 16.4. The second-order valence-corrected chi connectivity index (χ2v) is 8.21. The standard InChI is InChI=1S/C20H31N5O2/c1-2-24-16-20(6-4-18(24)26)5-3-7-23(15-20)14-17-12-21-19(22-13-17)25-8-10-27-11-9-25/h12-13H,2-11,14-16H2,1H3/t20-/m1/s1. The highest BCUT2D eigenvalue weighted by atomic mass is 16.5. The third-order valence-electron chi connectivity index (χ3n) is 6.26. The zero-order chi connectivity index (χ0) is 18.7. The summed E-state index contributed by atoms with van der Waals surface area (Å²) in [5.41, 5.74) is 1.44. The van der Waals surface area contributed by atoms with Crippen LogP contribution in [0.2, 0.25) is 0 Å². The van der Waals surface area contributed by atoms with Gasteiger partial charge in [0.25, 0.3) is 0 Å². The van der Waals surface area contributed by atoms with Crippen LogP contribution in [0.25, 0.3) is 0 Å². The summed E-state index contributed by atoms with van der Waals surface area (Å²) in [5.74, 6) is 1.13. The maximum Gasteiger partial charge on any atom is 0.225 e. The van der Waals surface area contributed by atoms with Gasteiger partial charge in [0.05, 0.1) is 13.2 Å². The Kier molecular flexibility index (Phi) is 5.59. The topological polar surface area (TPSA) is 61.8 Å². The largest absolute Gasteiger partial charge is 0.378 e. The van der Waals surface area contributed by atoms with Gasteiger partial charge in [-0.15, -0.1) is 0 Å². The first-order valence-electron chi connectivity index (χ1n) is 10.3. The number of piperidine rings is 2. The van der Waals surface area contributed by atoms with Crippen LogP contribution < -0.4 is 4.90 Å². The Morgan fingerprint density at radius 2 is 1.89 bits per heavy atom. The normalized spacial score (nSPS) is 27.4. The van der Waals surface area contributed by atoms with E-state index in [0.717, 1.165) is 71.4 Å². The molecule has 0 unspecified atom stereocenters. The van der Waals surface area contributed by atoms with Crippen LogP contribution in [0.5, 0.6) is 0 Å². The Morgan fingerprint density at radius 3 is 2.63 bits per heavy atom. The first-order valence-corrected chi connectivity index (χ1v) is 10.3. The molecule has 3 saturated heterocycles. The van der Waals surface area contributed by atoms with Crippen LogP contribution in [0.4, 0.5) is 5.95 Å².